The van der Waals surface area contributed by atoms with Crippen LogP contribution in [-0.4, -0.2) is 60.1 Å². The van der Waals surface area contributed by atoms with E-state index in [4.69, 9.17) is 23.2 Å². The maximum Gasteiger partial charge on any atom is 0.238 e. The van der Waals surface area contributed by atoms with E-state index in [9.17, 15) is 9.59 Å². The van der Waals surface area contributed by atoms with Crippen molar-refractivity contribution in [3.63, 3.8) is 0 Å². The molecule has 0 aliphatic carbocycles. The molecule has 1 N–H and O–H groups in total. The van der Waals surface area contributed by atoms with Gasteiger partial charge in [-0.2, -0.15) is 0 Å². The highest BCUT2D eigenvalue weighted by molar-refractivity contribution is 8.00. The summed E-state index contributed by atoms with van der Waals surface area (Å²) in [7, 11) is 0. The molecule has 2 aromatic carbocycles. The summed E-state index contributed by atoms with van der Waals surface area (Å²) in [6.07, 6.45) is 0.843. The van der Waals surface area contributed by atoms with Crippen molar-refractivity contribution in [2.75, 3.05) is 43.8 Å². The lowest BCUT2D eigenvalue weighted by molar-refractivity contribution is -0.128. The molecule has 0 unspecified atom stereocenters. The molecule has 1 aliphatic heterocycles. The van der Waals surface area contributed by atoms with Crippen LogP contribution in [0.2, 0.25) is 10.0 Å². The highest BCUT2D eigenvalue weighted by Crippen LogP contribution is 2.32. The molecular formula is C22H25Cl2N3O2S. The van der Waals surface area contributed by atoms with Crippen molar-refractivity contribution in [1.29, 1.82) is 0 Å². The molecular weight excluding hydrogens is 441 g/mol. The van der Waals surface area contributed by atoms with E-state index in [-0.39, 0.29) is 11.8 Å². The van der Waals surface area contributed by atoms with Crippen molar-refractivity contribution in [3.05, 3.63) is 58.1 Å². The van der Waals surface area contributed by atoms with Gasteiger partial charge in [0.05, 0.1) is 17.3 Å². The van der Waals surface area contributed by atoms with Crippen molar-refractivity contribution in [2.24, 2.45) is 0 Å². The fourth-order valence-corrected chi connectivity index (χ4v) is 4.74. The van der Waals surface area contributed by atoms with Gasteiger partial charge in [-0.1, -0.05) is 41.4 Å². The van der Waals surface area contributed by atoms with Crippen LogP contribution >= 0.6 is 35.0 Å². The Bertz CT molecular complexity index is 895. The van der Waals surface area contributed by atoms with Crippen LogP contribution in [0.5, 0.6) is 0 Å². The third-order valence-corrected chi connectivity index (χ3v) is 6.80. The van der Waals surface area contributed by atoms with E-state index >= 15 is 0 Å². The highest BCUT2D eigenvalue weighted by Gasteiger charge is 2.21. The van der Waals surface area contributed by atoms with E-state index in [1.165, 1.54) is 11.8 Å². The number of nitrogens with one attached hydrogen (secondary N) is 1. The molecule has 30 heavy (non-hydrogen) atoms. The summed E-state index contributed by atoms with van der Waals surface area (Å²) >= 11 is 13.8. The SMILES string of the molecule is Cc1cc(SCC(=O)N2CCCN(CC(=O)Nc3ccccc3)CC2)c(Cl)cc1Cl. The number of amides is 2. The van der Waals surface area contributed by atoms with Crippen LogP contribution in [0.15, 0.2) is 47.4 Å². The Labute approximate surface area is 191 Å². The van der Waals surface area contributed by atoms with Crippen molar-refractivity contribution >= 4 is 52.5 Å². The van der Waals surface area contributed by atoms with Crippen LogP contribution < -0.4 is 5.32 Å². The molecule has 8 heteroatoms. The molecule has 0 spiro atoms. The first-order chi connectivity index (χ1) is 14.4. The first-order valence-electron chi connectivity index (χ1n) is 9.86. The largest absolute Gasteiger partial charge is 0.341 e. The van der Waals surface area contributed by atoms with Crippen LogP contribution in [0.4, 0.5) is 5.69 Å². The van der Waals surface area contributed by atoms with Crippen molar-refractivity contribution in [3.8, 4) is 0 Å². The van der Waals surface area contributed by atoms with E-state index < -0.39 is 0 Å². The van der Waals surface area contributed by atoms with E-state index in [1.54, 1.807) is 6.07 Å². The zero-order valence-corrected chi connectivity index (χ0v) is 19.2. The molecule has 1 saturated heterocycles. The maximum atomic E-state index is 12.7. The number of benzene rings is 2. The number of para-hydroxylation sites is 1. The lowest BCUT2D eigenvalue weighted by Crippen LogP contribution is -2.38. The van der Waals surface area contributed by atoms with Crippen LogP contribution in [0.25, 0.3) is 0 Å². The molecule has 0 aromatic heterocycles. The second-order valence-corrected chi connectivity index (χ2v) is 9.08. The lowest BCUT2D eigenvalue weighted by atomic mass is 10.2. The Hall–Kier alpha value is -1.73. The number of thioether (sulfide) groups is 1. The predicted octanol–water partition coefficient (Wildman–Crippen LogP) is 4.57. The summed E-state index contributed by atoms with van der Waals surface area (Å²) in [5.41, 5.74) is 1.73. The molecule has 0 atom stereocenters. The number of halogens is 2. The third-order valence-electron chi connectivity index (χ3n) is 4.93. The third kappa shape index (κ3) is 6.64. The van der Waals surface area contributed by atoms with E-state index in [2.05, 4.69) is 10.2 Å². The number of anilines is 1. The van der Waals surface area contributed by atoms with Gasteiger partial charge in [0.15, 0.2) is 0 Å². The molecule has 3 rings (SSSR count). The summed E-state index contributed by atoms with van der Waals surface area (Å²) in [5.74, 6) is 0.374. The van der Waals surface area contributed by atoms with Gasteiger partial charge in [0.2, 0.25) is 11.8 Å². The van der Waals surface area contributed by atoms with Gasteiger partial charge in [-0.3, -0.25) is 14.5 Å². The zero-order valence-electron chi connectivity index (χ0n) is 16.9. The number of carbonyl (C=O) groups is 2. The van der Waals surface area contributed by atoms with Crippen LogP contribution in [0, 0.1) is 6.92 Å². The first kappa shape index (κ1) is 22.9. The molecule has 160 valence electrons. The molecule has 0 bridgehead atoms. The number of carbonyl (C=O) groups excluding carboxylic acids is 2. The molecule has 2 amide bonds. The minimum atomic E-state index is -0.0377. The molecule has 5 nitrogen and oxygen atoms in total. The summed E-state index contributed by atoms with van der Waals surface area (Å²) in [6, 6.07) is 13.1. The van der Waals surface area contributed by atoms with Crippen LogP contribution in [0.1, 0.15) is 12.0 Å². The van der Waals surface area contributed by atoms with Crippen molar-refractivity contribution in [1.82, 2.24) is 9.80 Å². The number of nitrogens with zero attached hydrogens (tertiary/aromatic N) is 2. The Morgan fingerprint density at radius 3 is 2.57 bits per heavy atom. The van der Waals surface area contributed by atoms with E-state index in [0.29, 0.717) is 42.0 Å². The minimum absolute atomic E-state index is 0.0377. The summed E-state index contributed by atoms with van der Waals surface area (Å²) < 4.78 is 0. The Morgan fingerprint density at radius 1 is 1.03 bits per heavy atom. The zero-order chi connectivity index (χ0) is 21.5. The normalized spacial score (nSPS) is 15.0. The molecule has 1 heterocycles. The Kier molecular flexibility index (Phi) is 8.45. The average molecular weight is 466 g/mol. The van der Waals surface area contributed by atoms with Gasteiger partial charge in [0.1, 0.15) is 0 Å². The summed E-state index contributed by atoms with van der Waals surface area (Å²) in [6.45, 7) is 5.03. The topological polar surface area (TPSA) is 52.7 Å². The number of hydrogen-bond donors (Lipinski definition) is 1. The van der Waals surface area contributed by atoms with Gasteiger partial charge >= 0.3 is 0 Å². The summed E-state index contributed by atoms with van der Waals surface area (Å²) in [4.78, 5) is 29.8. The summed E-state index contributed by atoms with van der Waals surface area (Å²) in [5, 5.41) is 4.10. The molecule has 1 fully saturated rings. The Balaban J connectivity index is 1.47. The van der Waals surface area contributed by atoms with Crippen molar-refractivity contribution in [2.45, 2.75) is 18.2 Å². The van der Waals surface area contributed by atoms with Crippen molar-refractivity contribution < 1.29 is 9.59 Å². The van der Waals surface area contributed by atoms with Crippen LogP contribution in [0.3, 0.4) is 0 Å². The number of aryl methyl sites for hydroxylation is 1. The lowest BCUT2D eigenvalue weighted by Gasteiger charge is -2.22. The number of rotatable bonds is 6. The molecule has 1 aliphatic rings. The molecule has 0 saturated carbocycles. The fourth-order valence-electron chi connectivity index (χ4n) is 3.28. The monoisotopic (exact) mass is 465 g/mol. The standard InChI is InChI=1S/C22H25Cl2N3O2S/c1-16-12-20(19(24)13-18(16)23)30-15-22(29)27-9-5-8-26(10-11-27)14-21(28)25-17-6-3-2-4-7-17/h2-4,6-7,12-13H,5,8-11,14-15H2,1H3,(H,25,28). The number of hydrogen-bond acceptors (Lipinski definition) is 4. The van der Waals surface area contributed by atoms with E-state index in [1.807, 2.05) is 48.2 Å². The average Bonchev–Trinajstić information content (AvgIpc) is 2.96. The highest BCUT2D eigenvalue weighted by atomic mass is 35.5. The van der Waals surface area contributed by atoms with Gasteiger partial charge in [-0.05, 0) is 43.2 Å². The molecule has 0 radical (unpaired) electrons. The van der Waals surface area contributed by atoms with Gasteiger partial charge in [0, 0.05) is 41.8 Å². The predicted molar refractivity (Wildman–Crippen MR) is 125 cm³/mol. The van der Waals surface area contributed by atoms with E-state index in [0.717, 1.165) is 29.1 Å². The van der Waals surface area contributed by atoms with Gasteiger partial charge in [-0.25, -0.2) is 0 Å². The second-order valence-electron chi connectivity index (χ2n) is 7.25. The maximum absolute atomic E-state index is 12.7. The van der Waals surface area contributed by atoms with Gasteiger partial charge in [-0.15, -0.1) is 11.8 Å². The fraction of sp³-hybridized carbons (Fsp3) is 0.364. The quantitative estimate of drug-likeness (QED) is 0.634. The van der Waals surface area contributed by atoms with Crippen LogP contribution in [-0.2, 0) is 9.59 Å². The smallest absolute Gasteiger partial charge is 0.238 e. The minimum Gasteiger partial charge on any atom is -0.341 e. The Morgan fingerprint density at radius 2 is 1.80 bits per heavy atom. The first-order valence-corrected chi connectivity index (χ1v) is 11.6. The van der Waals surface area contributed by atoms with Gasteiger partial charge < -0.3 is 10.2 Å². The van der Waals surface area contributed by atoms with Gasteiger partial charge in [0.25, 0.3) is 0 Å². The second kappa shape index (κ2) is 11.0. The molecule has 2 aromatic rings.